The monoisotopic (exact) mass is 402 g/mol. The minimum absolute atomic E-state index is 0.0166. The fourth-order valence-electron chi connectivity index (χ4n) is 4.06. The minimum Gasteiger partial charge on any atom is -0.382 e. The number of aryl methyl sites for hydroxylation is 1. The van der Waals surface area contributed by atoms with Gasteiger partial charge in [-0.05, 0) is 57.0 Å². The summed E-state index contributed by atoms with van der Waals surface area (Å²) in [4.78, 5) is 14.6. The van der Waals surface area contributed by atoms with Crippen molar-refractivity contribution in [3.63, 3.8) is 0 Å². The number of quaternary nitrogens is 1. The number of likely N-dealkylation sites (tertiary alicyclic amines) is 1. The number of piperidine rings is 1. The zero-order chi connectivity index (χ0) is 19.5. The topological polar surface area (TPSA) is 57.9 Å². The summed E-state index contributed by atoms with van der Waals surface area (Å²) in [6.45, 7) is 6.90. The van der Waals surface area contributed by atoms with Gasteiger partial charge in [-0.1, -0.05) is 12.1 Å². The molecular formula is C20H28N5O2S+. The normalized spacial score (nSPS) is 15.6. The molecule has 1 saturated heterocycles. The Morgan fingerprint density at radius 2 is 2.00 bits per heavy atom. The third kappa shape index (κ3) is 3.64. The Morgan fingerprint density at radius 1 is 1.21 bits per heavy atom. The molecule has 0 radical (unpaired) electrons. The Kier molecular flexibility index (Phi) is 5.89. The second kappa shape index (κ2) is 8.55. The highest BCUT2D eigenvalue weighted by atomic mass is 32.1. The molecule has 3 heterocycles. The Morgan fingerprint density at radius 3 is 2.79 bits per heavy atom. The molecule has 0 saturated carbocycles. The van der Waals surface area contributed by atoms with Gasteiger partial charge in [0.05, 0.1) is 24.0 Å². The van der Waals surface area contributed by atoms with Crippen LogP contribution in [0.25, 0.3) is 16.7 Å². The first-order chi connectivity index (χ1) is 13.7. The molecule has 4 rings (SSSR count). The van der Waals surface area contributed by atoms with Crippen molar-refractivity contribution < 1.29 is 9.64 Å². The van der Waals surface area contributed by atoms with Gasteiger partial charge in [0.15, 0.2) is 6.67 Å². The maximum Gasteiger partial charge on any atom is 0.262 e. The standard InChI is InChI=1S/C20H27N5O2S/c1-2-27-14-8-13-23-18(26)16-9-4-5-10-17(16)25-19(23)21-24(20(25)28)15-22-11-6-3-7-12-22/h4-5,9-10H,2-3,6-8,11-15H2,1H3/p+1. The molecule has 0 atom stereocenters. The molecule has 0 bridgehead atoms. The van der Waals surface area contributed by atoms with Gasteiger partial charge in [0.25, 0.3) is 5.56 Å². The van der Waals surface area contributed by atoms with Gasteiger partial charge in [0.1, 0.15) is 0 Å². The van der Waals surface area contributed by atoms with Crippen molar-refractivity contribution >= 4 is 28.9 Å². The Labute approximate surface area is 169 Å². The van der Waals surface area contributed by atoms with Crippen molar-refractivity contribution in [3.8, 4) is 0 Å². The van der Waals surface area contributed by atoms with Crippen LogP contribution in [0.2, 0.25) is 0 Å². The molecule has 1 N–H and O–H groups in total. The molecule has 150 valence electrons. The van der Waals surface area contributed by atoms with Crippen LogP contribution in [-0.2, 0) is 18.0 Å². The van der Waals surface area contributed by atoms with E-state index in [9.17, 15) is 4.79 Å². The number of rotatable bonds is 7. The second-order valence-electron chi connectivity index (χ2n) is 7.41. The van der Waals surface area contributed by atoms with Crippen LogP contribution in [-0.4, -0.2) is 45.1 Å². The van der Waals surface area contributed by atoms with E-state index in [0.717, 1.165) is 31.7 Å². The van der Waals surface area contributed by atoms with Gasteiger partial charge < -0.3 is 9.64 Å². The Hall–Kier alpha value is -2.03. The lowest BCUT2D eigenvalue weighted by atomic mass is 10.1. The first kappa shape index (κ1) is 19.3. The van der Waals surface area contributed by atoms with Crippen LogP contribution in [0, 0.1) is 4.77 Å². The molecule has 1 aliphatic heterocycles. The van der Waals surface area contributed by atoms with E-state index >= 15 is 0 Å². The molecule has 3 aromatic rings. The summed E-state index contributed by atoms with van der Waals surface area (Å²) >= 11 is 5.79. The third-order valence-corrected chi connectivity index (χ3v) is 5.89. The van der Waals surface area contributed by atoms with Crippen LogP contribution in [0.4, 0.5) is 0 Å². The summed E-state index contributed by atoms with van der Waals surface area (Å²) in [5.41, 5.74) is 0.811. The van der Waals surface area contributed by atoms with Crippen LogP contribution in [0.1, 0.15) is 32.6 Å². The van der Waals surface area contributed by atoms with Crippen molar-refractivity contribution in [2.75, 3.05) is 26.3 Å². The molecule has 0 aliphatic carbocycles. The van der Waals surface area contributed by atoms with Gasteiger partial charge in [-0.15, -0.1) is 5.10 Å². The lowest BCUT2D eigenvalue weighted by molar-refractivity contribution is -0.928. The van der Waals surface area contributed by atoms with Crippen molar-refractivity contribution in [3.05, 3.63) is 39.4 Å². The molecule has 0 spiro atoms. The summed E-state index contributed by atoms with van der Waals surface area (Å²) in [6, 6.07) is 7.65. The highest BCUT2D eigenvalue weighted by Gasteiger charge is 2.19. The van der Waals surface area contributed by atoms with E-state index in [2.05, 4.69) is 0 Å². The van der Waals surface area contributed by atoms with Crippen molar-refractivity contribution in [1.29, 1.82) is 0 Å². The molecule has 1 aromatic carbocycles. The molecule has 1 aliphatic rings. The number of aromatic nitrogens is 4. The van der Waals surface area contributed by atoms with Crippen LogP contribution in [0.3, 0.4) is 0 Å². The van der Waals surface area contributed by atoms with Crippen molar-refractivity contribution in [2.24, 2.45) is 0 Å². The smallest absolute Gasteiger partial charge is 0.262 e. The summed E-state index contributed by atoms with van der Waals surface area (Å²) in [6.07, 6.45) is 4.57. The molecular weight excluding hydrogens is 374 g/mol. The SMILES string of the molecule is CCOCCCn1c(=O)c2ccccc2n2c(=S)n(C[NH+]3CCCCC3)nc12. The largest absolute Gasteiger partial charge is 0.382 e. The van der Waals surface area contributed by atoms with E-state index in [1.165, 1.54) is 24.2 Å². The Balaban J connectivity index is 1.81. The number of hydrogen-bond acceptors (Lipinski definition) is 4. The number of para-hydroxylation sites is 1. The summed E-state index contributed by atoms with van der Waals surface area (Å²) in [5.74, 6) is 0.626. The van der Waals surface area contributed by atoms with E-state index in [1.807, 2.05) is 40.3 Å². The highest BCUT2D eigenvalue weighted by molar-refractivity contribution is 7.71. The van der Waals surface area contributed by atoms with Gasteiger partial charge in [-0.2, -0.15) is 4.68 Å². The zero-order valence-electron chi connectivity index (χ0n) is 16.4. The van der Waals surface area contributed by atoms with Gasteiger partial charge in [-0.25, -0.2) is 0 Å². The summed E-state index contributed by atoms with van der Waals surface area (Å²) in [7, 11) is 0. The van der Waals surface area contributed by atoms with E-state index in [0.29, 0.717) is 35.7 Å². The fourth-order valence-corrected chi connectivity index (χ4v) is 4.35. The number of benzene rings is 1. The lowest BCUT2D eigenvalue weighted by Crippen LogP contribution is -3.12. The van der Waals surface area contributed by atoms with E-state index in [1.54, 1.807) is 4.57 Å². The van der Waals surface area contributed by atoms with E-state index in [-0.39, 0.29) is 5.56 Å². The predicted octanol–water partition coefficient (Wildman–Crippen LogP) is 1.63. The first-order valence-electron chi connectivity index (χ1n) is 10.2. The summed E-state index contributed by atoms with van der Waals surface area (Å²) in [5, 5.41) is 5.47. The number of nitrogens with zero attached hydrogens (tertiary/aromatic N) is 4. The van der Waals surface area contributed by atoms with E-state index < -0.39 is 0 Å². The molecule has 7 nitrogen and oxygen atoms in total. The summed E-state index contributed by atoms with van der Waals surface area (Å²) < 4.78 is 11.7. The maximum absolute atomic E-state index is 13.1. The van der Waals surface area contributed by atoms with Crippen LogP contribution < -0.4 is 10.5 Å². The molecule has 0 amide bonds. The highest BCUT2D eigenvalue weighted by Crippen LogP contribution is 2.14. The second-order valence-corrected chi connectivity index (χ2v) is 7.78. The molecule has 1 fully saturated rings. The molecule has 8 heteroatoms. The van der Waals surface area contributed by atoms with Crippen molar-refractivity contribution in [2.45, 2.75) is 45.8 Å². The van der Waals surface area contributed by atoms with Gasteiger partial charge in [-0.3, -0.25) is 13.8 Å². The van der Waals surface area contributed by atoms with Crippen molar-refractivity contribution in [1.82, 2.24) is 18.7 Å². The Bertz CT molecular complexity index is 1080. The molecule has 28 heavy (non-hydrogen) atoms. The zero-order valence-corrected chi connectivity index (χ0v) is 17.2. The number of nitrogens with one attached hydrogen (secondary N) is 1. The lowest BCUT2D eigenvalue weighted by Gasteiger charge is -2.22. The van der Waals surface area contributed by atoms with Crippen LogP contribution in [0.15, 0.2) is 29.1 Å². The van der Waals surface area contributed by atoms with Crippen LogP contribution in [0.5, 0.6) is 0 Å². The minimum atomic E-state index is -0.0166. The molecule has 0 unspecified atom stereocenters. The molecule has 2 aromatic heterocycles. The average molecular weight is 403 g/mol. The number of ether oxygens (including phenoxy) is 1. The third-order valence-electron chi connectivity index (χ3n) is 5.49. The quantitative estimate of drug-likeness (QED) is 0.482. The van der Waals surface area contributed by atoms with Crippen LogP contribution >= 0.6 is 12.2 Å². The average Bonchev–Trinajstić information content (AvgIpc) is 3.04. The number of hydrogen-bond donors (Lipinski definition) is 1. The van der Waals surface area contributed by atoms with E-state index in [4.69, 9.17) is 22.1 Å². The van der Waals surface area contributed by atoms with Gasteiger partial charge >= 0.3 is 0 Å². The number of fused-ring (bicyclic) bond motifs is 3. The maximum atomic E-state index is 13.1. The fraction of sp³-hybridized carbons (Fsp3) is 0.550. The van der Waals surface area contributed by atoms with Gasteiger partial charge in [0, 0.05) is 19.8 Å². The first-order valence-corrected chi connectivity index (χ1v) is 10.6. The van der Waals surface area contributed by atoms with Gasteiger partial charge in [0.2, 0.25) is 10.5 Å². The predicted molar refractivity (Wildman–Crippen MR) is 111 cm³/mol.